The summed E-state index contributed by atoms with van der Waals surface area (Å²) in [6.07, 6.45) is 1.80. The Morgan fingerprint density at radius 1 is 1.37 bits per heavy atom. The Labute approximate surface area is 122 Å². The summed E-state index contributed by atoms with van der Waals surface area (Å²) in [7, 11) is 2.03. The molecule has 0 bridgehead atoms. The summed E-state index contributed by atoms with van der Waals surface area (Å²) >= 11 is 1.50. The lowest BCUT2D eigenvalue weighted by Gasteiger charge is -2.24. The largest absolute Gasteiger partial charge is 0.375 e. The van der Waals surface area contributed by atoms with Gasteiger partial charge in [-0.05, 0) is 31.7 Å². The monoisotopic (exact) mass is 301 g/mol. The number of thiazole rings is 1. The van der Waals surface area contributed by atoms with E-state index in [4.69, 9.17) is 5.73 Å². The number of aromatic nitrogens is 1. The first-order valence-corrected chi connectivity index (χ1v) is 6.54. The van der Waals surface area contributed by atoms with E-state index in [0.29, 0.717) is 5.13 Å². The van der Waals surface area contributed by atoms with Crippen molar-refractivity contribution in [3.05, 3.63) is 46.7 Å². The van der Waals surface area contributed by atoms with Crippen LogP contribution >= 0.6 is 23.7 Å². The second kappa shape index (κ2) is 6.84. The Bertz CT molecular complexity index is 515. The molecule has 0 aliphatic heterocycles. The van der Waals surface area contributed by atoms with Gasteiger partial charge in [-0.3, -0.25) is 4.90 Å². The Balaban J connectivity index is 0.00000180. The molecule has 0 saturated heterocycles. The molecule has 1 heterocycles. The van der Waals surface area contributed by atoms with Crippen LogP contribution in [0.25, 0.3) is 0 Å². The van der Waals surface area contributed by atoms with Gasteiger partial charge in [0.05, 0.1) is 0 Å². The summed E-state index contributed by atoms with van der Waals surface area (Å²) in [6.45, 7) is 2.88. The number of nitrogen functional groups attached to an aromatic ring is 1. The molecular weight excluding hydrogens is 285 g/mol. The highest BCUT2D eigenvalue weighted by atomic mass is 35.5. The number of nitrogens with zero attached hydrogens (tertiary/aromatic N) is 2. The first kappa shape index (κ1) is 15.9. The average molecular weight is 302 g/mol. The maximum Gasteiger partial charge on any atom is 0.180 e. The van der Waals surface area contributed by atoms with Gasteiger partial charge in [0, 0.05) is 23.7 Å². The third-order valence-corrected chi connectivity index (χ3v) is 3.80. The van der Waals surface area contributed by atoms with Crippen molar-refractivity contribution in [3.8, 4) is 0 Å². The van der Waals surface area contributed by atoms with Gasteiger partial charge >= 0.3 is 0 Å². The first-order chi connectivity index (χ1) is 8.56. The molecule has 0 aliphatic rings. The van der Waals surface area contributed by atoms with Crippen molar-refractivity contribution in [1.29, 1.82) is 0 Å². The standard InChI is InChI=1S/C13H16FN3S.ClH/c1-9(10-3-5-11(14)6-4-10)17(2)8-12-7-16-13(15)18-12;/h3-7,9H,8H2,1-2H3,(H2,15,16);1H. The highest BCUT2D eigenvalue weighted by Crippen LogP contribution is 2.23. The molecule has 0 amide bonds. The molecule has 0 fully saturated rings. The van der Waals surface area contributed by atoms with Crippen LogP contribution in [0.2, 0.25) is 0 Å². The lowest BCUT2D eigenvalue weighted by Crippen LogP contribution is -2.21. The van der Waals surface area contributed by atoms with E-state index in [9.17, 15) is 4.39 Å². The van der Waals surface area contributed by atoms with Crippen LogP contribution in [0.4, 0.5) is 9.52 Å². The topological polar surface area (TPSA) is 42.2 Å². The third-order valence-electron chi connectivity index (χ3n) is 2.99. The van der Waals surface area contributed by atoms with Crippen LogP contribution in [0.5, 0.6) is 0 Å². The number of hydrogen-bond acceptors (Lipinski definition) is 4. The fourth-order valence-corrected chi connectivity index (χ4v) is 2.52. The van der Waals surface area contributed by atoms with Crippen LogP contribution in [0.3, 0.4) is 0 Å². The van der Waals surface area contributed by atoms with Gasteiger partial charge < -0.3 is 5.73 Å². The molecule has 6 heteroatoms. The summed E-state index contributed by atoms with van der Waals surface area (Å²) < 4.78 is 12.9. The van der Waals surface area contributed by atoms with Crippen molar-refractivity contribution in [1.82, 2.24) is 9.88 Å². The molecular formula is C13H17ClFN3S. The van der Waals surface area contributed by atoms with E-state index in [1.807, 2.05) is 19.2 Å². The third kappa shape index (κ3) is 4.16. The normalized spacial score (nSPS) is 12.2. The van der Waals surface area contributed by atoms with Gasteiger partial charge in [-0.15, -0.1) is 23.7 Å². The molecule has 0 aliphatic carbocycles. The molecule has 1 unspecified atom stereocenters. The highest BCUT2D eigenvalue weighted by Gasteiger charge is 2.13. The number of halogens is 2. The van der Waals surface area contributed by atoms with Gasteiger partial charge in [0.2, 0.25) is 0 Å². The van der Waals surface area contributed by atoms with Crippen LogP contribution in [0, 0.1) is 5.82 Å². The zero-order chi connectivity index (χ0) is 13.1. The Kier molecular flexibility index (Phi) is 5.72. The van der Waals surface area contributed by atoms with E-state index in [1.54, 1.807) is 6.20 Å². The predicted molar refractivity (Wildman–Crippen MR) is 80.1 cm³/mol. The molecule has 104 valence electrons. The summed E-state index contributed by atoms with van der Waals surface area (Å²) in [5.41, 5.74) is 6.70. The zero-order valence-corrected chi connectivity index (χ0v) is 12.5. The van der Waals surface area contributed by atoms with Crippen LogP contribution < -0.4 is 5.73 Å². The Morgan fingerprint density at radius 2 is 2.00 bits per heavy atom. The maximum atomic E-state index is 12.9. The SMILES string of the molecule is CC(c1ccc(F)cc1)N(C)Cc1cnc(N)s1.Cl. The smallest absolute Gasteiger partial charge is 0.180 e. The molecule has 3 nitrogen and oxygen atoms in total. The van der Waals surface area contributed by atoms with Crippen LogP contribution in [0.1, 0.15) is 23.4 Å². The summed E-state index contributed by atoms with van der Waals surface area (Å²) in [5.74, 6) is -0.205. The van der Waals surface area contributed by atoms with Gasteiger partial charge in [0.1, 0.15) is 5.82 Å². The van der Waals surface area contributed by atoms with Gasteiger partial charge in [-0.2, -0.15) is 0 Å². The van der Waals surface area contributed by atoms with Gasteiger partial charge in [0.25, 0.3) is 0 Å². The van der Waals surface area contributed by atoms with E-state index in [0.717, 1.165) is 17.0 Å². The van der Waals surface area contributed by atoms with Crippen molar-refractivity contribution in [2.24, 2.45) is 0 Å². The Morgan fingerprint density at radius 3 is 2.53 bits per heavy atom. The van der Waals surface area contributed by atoms with Crippen molar-refractivity contribution in [2.45, 2.75) is 19.5 Å². The van der Waals surface area contributed by atoms with Crippen molar-refractivity contribution in [3.63, 3.8) is 0 Å². The second-order valence-corrected chi connectivity index (χ2v) is 5.45. The summed E-state index contributed by atoms with van der Waals surface area (Å²) in [6, 6.07) is 6.83. The summed E-state index contributed by atoms with van der Waals surface area (Å²) in [4.78, 5) is 7.34. The van der Waals surface area contributed by atoms with E-state index >= 15 is 0 Å². The molecule has 1 atom stereocenters. The number of benzene rings is 1. The zero-order valence-electron chi connectivity index (χ0n) is 10.8. The van der Waals surface area contributed by atoms with Crippen LogP contribution in [0.15, 0.2) is 30.5 Å². The molecule has 0 radical (unpaired) electrons. The minimum absolute atomic E-state index is 0. The number of rotatable bonds is 4. The summed E-state index contributed by atoms with van der Waals surface area (Å²) in [5, 5.41) is 0.591. The fraction of sp³-hybridized carbons (Fsp3) is 0.308. The Hall–Kier alpha value is -1.17. The molecule has 19 heavy (non-hydrogen) atoms. The van der Waals surface area contributed by atoms with Crippen molar-refractivity contribution >= 4 is 28.9 Å². The molecule has 2 rings (SSSR count). The molecule has 0 spiro atoms. The molecule has 0 saturated carbocycles. The first-order valence-electron chi connectivity index (χ1n) is 5.72. The highest BCUT2D eigenvalue weighted by molar-refractivity contribution is 7.15. The van der Waals surface area contributed by atoms with Crippen LogP contribution in [-0.2, 0) is 6.54 Å². The molecule has 1 aromatic carbocycles. The van der Waals surface area contributed by atoms with E-state index < -0.39 is 0 Å². The fourth-order valence-electron chi connectivity index (χ4n) is 1.77. The lowest BCUT2D eigenvalue weighted by molar-refractivity contribution is 0.255. The van der Waals surface area contributed by atoms with E-state index in [-0.39, 0.29) is 24.3 Å². The van der Waals surface area contributed by atoms with E-state index in [2.05, 4.69) is 16.8 Å². The number of anilines is 1. The molecule has 2 N–H and O–H groups in total. The van der Waals surface area contributed by atoms with Gasteiger partial charge in [-0.25, -0.2) is 9.37 Å². The van der Waals surface area contributed by atoms with Gasteiger partial charge in [-0.1, -0.05) is 12.1 Å². The minimum atomic E-state index is -0.205. The molecule has 1 aromatic heterocycles. The average Bonchev–Trinajstić information content (AvgIpc) is 2.75. The second-order valence-electron chi connectivity index (χ2n) is 4.31. The minimum Gasteiger partial charge on any atom is -0.375 e. The lowest BCUT2D eigenvalue weighted by atomic mass is 10.1. The maximum absolute atomic E-state index is 12.9. The number of nitrogens with two attached hydrogens (primary N) is 1. The van der Waals surface area contributed by atoms with Crippen LogP contribution in [-0.4, -0.2) is 16.9 Å². The van der Waals surface area contributed by atoms with E-state index in [1.165, 1.54) is 23.5 Å². The van der Waals surface area contributed by atoms with Crippen molar-refractivity contribution in [2.75, 3.05) is 12.8 Å². The quantitative estimate of drug-likeness (QED) is 0.940. The molecule has 2 aromatic rings. The predicted octanol–water partition coefficient (Wildman–Crippen LogP) is 3.48. The van der Waals surface area contributed by atoms with Gasteiger partial charge in [0.15, 0.2) is 5.13 Å². The van der Waals surface area contributed by atoms with Crippen molar-refractivity contribution < 1.29 is 4.39 Å². The number of hydrogen-bond donors (Lipinski definition) is 1.